The largest absolute Gasteiger partial charge is 0.497 e. The van der Waals surface area contributed by atoms with Gasteiger partial charge >= 0.3 is 0 Å². The Balaban J connectivity index is 1.74. The van der Waals surface area contributed by atoms with Crippen molar-refractivity contribution in [2.24, 2.45) is 0 Å². The Bertz CT molecular complexity index is 1140. The van der Waals surface area contributed by atoms with Crippen molar-refractivity contribution in [2.75, 3.05) is 12.4 Å². The fourth-order valence-corrected chi connectivity index (χ4v) is 2.99. The molecule has 2 heterocycles. The van der Waals surface area contributed by atoms with Crippen molar-refractivity contribution in [3.63, 3.8) is 0 Å². The summed E-state index contributed by atoms with van der Waals surface area (Å²) in [5.41, 5.74) is 3.58. The van der Waals surface area contributed by atoms with Crippen LogP contribution in [0.3, 0.4) is 0 Å². The number of anilines is 1. The number of nitrogens with one attached hydrogen (secondary N) is 1. The van der Waals surface area contributed by atoms with E-state index in [1.807, 2.05) is 74.5 Å². The number of ether oxygens (including phenoxy) is 1. The van der Waals surface area contributed by atoms with Crippen LogP contribution in [0.5, 0.6) is 5.75 Å². The Hall–Kier alpha value is -3.80. The van der Waals surface area contributed by atoms with E-state index in [1.54, 1.807) is 17.9 Å². The van der Waals surface area contributed by atoms with E-state index >= 15 is 0 Å². The molecular weight excluding hydrogens is 366 g/mol. The van der Waals surface area contributed by atoms with E-state index in [0.717, 1.165) is 28.4 Å². The van der Waals surface area contributed by atoms with Gasteiger partial charge in [0.2, 0.25) is 0 Å². The van der Waals surface area contributed by atoms with E-state index in [-0.39, 0.29) is 5.91 Å². The van der Waals surface area contributed by atoms with Crippen LogP contribution < -0.4 is 10.1 Å². The highest BCUT2D eigenvalue weighted by Crippen LogP contribution is 2.25. The molecule has 0 unspecified atom stereocenters. The summed E-state index contributed by atoms with van der Waals surface area (Å²) in [4.78, 5) is 13.0. The Labute approximate surface area is 168 Å². The molecule has 0 aliphatic rings. The maximum atomic E-state index is 13.0. The minimum Gasteiger partial charge on any atom is -0.497 e. The first kappa shape index (κ1) is 18.6. The average molecular weight is 387 g/mol. The van der Waals surface area contributed by atoms with Crippen LogP contribution in [0.4, 0.5) is 5.69 Å². The molecule has 0 aliphatic heterocycles. The van der Waals surface area contributed by atoms with Crippen LogP contribution >= 0.6 is 0 Å². The van der Waals surface area contributed by atoms with Crippen molar-refractivity contribution in [1.29, 1.82) is 0 Å². The normalized spacial score (nSPS) is 10.7. The Morgan fingerprint density at radius 1 is 1.00 bits per heavy atom. The molecule has 1 N–H and O–H groups in total. The van der Waals surface area contributed by atoms with Gasteiger partial charge in [0.05, 0.1) is 12.8 Å². The number of rotatable bonds is 5. The van der Waals surface area contributed by atoms with Gasteiger partial charge in [0.1, 0.15) is 22.9 Å². The van der Waals surface area contributed by atoms with Crippen molar-refractivity contribution in [3.8, 4) is 22.9 Å². The number of aromatic nitrogens is 2. The average Bonchev–Trinajstić information content (AvgIpc) is 3.36. The topological polar surface area (TPSA) is 69.3 Å². The van der Waals surface area contributed by atoms with Gasteiger partial charge in [0, 0.05) is 11.8 Å². The molecule has 4 aromatic rings. The summed E-state index contributed by atoms with van der Waals surface area (Å²) in [6.07, 6.45) is 0. The van der Waals surface area contributed by atoms with E-state index in [9.17, 15) is 4.79 Å². The number of nitrogens with zero attached hydrogens (tertiary/aromatic N) is 2. The maximum Gasteiger partial charge on any atom is 0.274 e. The monoisotopic (exact) mass is 387 g/mol. The third-order valence-electron chi connectivity index (χ3n) is 4.56. The van der Waals surface area contributed by atoms with Crippen LogP contribution in [0.15, 0.2) is 71.1 Å². The molecule has 0 bridgehead atoms. The van der Waals surface area contributed by atoms with E-state index in [2.05, 4.69) is 10.4 Å². The van der Waals surface area contributed by atoms with Gasteiger partial charge in [-0.05, 0) is 62.4 Å². The minimum absolute atomic E-state index is 0.258. The van der Waals surface area contributed by atoms with Crippen molar-refractivity contribution in [1.82, 2.24) is 9.78 Å². The molecule has 2 aromatic carbocycles. The molecule has 0 spiro atoms. The van der Waals surface area contributed by atoms with E-state index in [1.165, 1.54) is 0 Å². The molecule has 0 saturated heterocycles. The molecule has 146 valence electrons. The number of aryl methyl sites for hydroxylation is 2. The van der Waals surface area contributed by atoms with Gasteiger partial charge in [0.25, 0.3) is 5.91 Å². The molecule has 4 rings (SSSR count). The highest BCUT2D eigenvalue weighted by molar-refractivity contribution is 6.04. The summed E-state index contributed by atoms with van der Waals surface area (Å²) in [5.74, 6) is 1.86. The van der Waals surface area contributed by atoms with Gasteiger partial charge in [-0.3, -0.25) is 4.79 Å². The molecule has 6 heteroatoms. The first-order chi connectivity index (χ1) is 14.0. The van der Waals surface area contributed by atoms with E-state index < -0.39 is 0 Å². The van der Waals surface area contributed by atoms with Gasteiger partial charge in [-0.15, -0.1) is 0 Å². The Morgan fingerprint density at radius 2 is 1.72 bits per heavy atom. The van der Waals surface area contributed by atoms with Crippen molar-refractivity contribution >= 4 is 11.6 Å². The highest BCUT2D eigenvalue weighted by Gasteiger charge is 2.19. The first-order valence-corrected chi connectivity index (χ1v) is 9.23. The van der Waals surface area contributed by atoms with Gasteiger partial charge in [0.15, 0.2) is 5.76 Å². The quantitative estimate of drug-likeness (QED) is 0.523. The van der Waals surface area contributed by atoms with Gasteiger partial charge in [-0.1, -0.05) is 17.7 Å². The molecule has 0 atom stereocenters. The van der Waals surface area contributed by atoms with Gasteiger partial charge in [-0.2, -0.15) is 5.10 Å². The zero-order valence-corrected chi connectivity index (χ0v) is 16.5. The number of furan rings is 1. The smallest absolute Gasteiger partial charge is 0.274 e. The lowest BCUT2D eigenvalue weighted by molar-refractivity contribution is 0.101. The molecule has 2 aromatic heterocycles. The summed E-state index contributed by atoms with van der Waals surface area (Å²) in [6.45, 7) is 3.87. The maximum absolute atomic E-state index is 13.0. The molecule has 1 amide bonds. The first-order valence-electron chi connectivity index (χ1n) is 9.23. The fraction of sp³-hybridized carbons (Fsp3) is 0.130. The van der Waals surface area contributed by atoms with E-state index in [4.69, 9.17) is 9.15 Å². The Morgan fingerprint density at radius 3 is 2.34 bits per heavy atom. The molecule has 29 heavy (non-hydrogen) atoms. The van der Waals surface area contributed by atoms with Gasteiger partial charge in [-0.25, -0.2) is 4.68 Å². The number of amides is 1. The van der Waals surface area contributed by atoms with E-state index in [0.29, 0.717) is 17.1 Å². The number of carbonyl (C=O) groups excluding carboxylic acids is 1. The standard InChI is InChI=1S/C23H21N3O3/c1-15-4-7-17(8-5-15)24-23(27)21-14-20(22-13-6-16(2)29-22)25-26(21)18-9-11-19(28-3)12-10-18/h4-14H,1-3H3,(H,24,27). The molecule has 0 saturated carbocycles. The lowest BCUT2D eigenvalue weighted by atomic mass is 10.2. The number of hydrogen-bond acceptors (Lipinski definition) is 4. The number of benzene rings is 2. The summed E-state index contributed by atoms with van der Waals surface area (Å²) >= 11 is 0. The summed E-state index contributed by atoms with van der Waals surface area (Å²) in [7, 11) is 1.61. The second kappa shape index (κ2) is 7.67. The third kappa shape index (κ3) is 3.91. The van der Waals surface area contributed by atoms with Crippen LogP contribution in [0.25, 0.3) is 17.1 Å². The predicted octanol–water partition coefficient (Wildman–Crippen LogP) is 5.01. The molecule has 6 nitrogen and oxygen atoms in total. The number of methoxy groups -OCH3 is 1. The SMILES string of the molecule is COc1ccc(-n2nc(-c3ccc(C)o3)cc2C(=O)Nc2ccc(C)cc2)cc1. The number of carbonyl (C=O) groups is 1. The van der Waals surface area contributed by atoms with Crippen molar-refractivity contribution < 1.29 is 13.9 Å². The summed E-state index contributed by atoms with van der Waals surface area (Å²) in [5, 5.41) is 7.55. The van der Waals surface area contributed by atoms with Crippen molar-refractivity contribution in [2.45, 2.75) is 13.8 Å². The van der Waals surface area contributed by atoms with Crippen LogP contribution in [-0.2, 0) is 0 Å². The van der Waals surface area contributed by atoms with Gasteiger partial charge < -0.3 is 14.5 Å². The highest BCUT2D eigenvalue weighted by atomic mass is 16.5. The molecule has 0 fully saturated rings. The third-order valence-corrected chi connectivity index (χ3v) is 4.56. The second-order valence-electron chi connectivity index (χ2n) is 6.76. The lowest BCUT2D eigenvalue weighted by Crippen LogP contribution is -2.16. The zero-order chi connectivity index (χ0) is 20.4. The molecular formula is C23H21N3O3. The van der Waals surface area contributed by atoms with Crippen LogP contribution in [0.2, 0.25) is 0 Å². The Kier molecular flexibility index (Phi) is 4.91. The zero-order valence-electron chi connectivity index (χ0n) is 16.5. The fourth-order valence-electron chi connectivity index (χ4n) is 2.99. The second-order valence-corrected chi connectivity index (χ2v) is 6.76. The number of hydrogen-bond donors (Lipinski definition) is 1. The molecule has 0 aliphatic carbocycles. The van der Waals surface area contributed by atoms with Crippen molar-refractivity contribution in [3.05, 3.63) is 83.7 Å². The summed E-state index contributed by atoms with van der Waals surface area (Å²) < 4.78 is 12.5. The predicted molar refractivity (Wildman–Crippen MR) is 112 cm³/mol. The van der Waals surface area contributed by atoms with Crippen LogP contribution in [-0.4, -0.2) is 22.8 Å². The lowest BCUT2D eigenvalue weighted by Gasteiger charge is -2.09. The summed E-state index contributed by atoms with van der Waals surface area (Å²) in [6, 6.07) is 20.5. The van der Waals surface area contributed by atoms with Crippen LogP contribution in [0, 0.1) is 13.8 Å². The minimum atomic E-state index is -0.258. The molecule has 0 radical (unpaired) electrons. The van der Waals surface area contributed by atoms with Crippen LogP contribution in [0.1, 0.15) is 21.8 Å².